The first-order valence-corrected chi connectivity index (χ1v) is 9.94. The molecule has 3 saturated heterocycles. The van der Waals surface area contributed by atoms with Crippen molar-refractivity contribution in [1.82, 2.24) is 0 Å². The number of cyclic esters (lactones) is 3. The molecule has 4 unspecified atom stereocenters. The molecule has 0 aliphatic carbocycles. The molecule has 3 heterocycles. The fraction of sp³-hybridized carbons (Fsp3) is 0.714. The van der Waals surface area contributed by atoms with E-state index < -0.39 is 47.5 Å². The van der Waals surface area contributed by atoms with Gasteiger partial charge in [-0.05, 0) is 34.6 Å². The lowest BCUT2D eigenvalue weighted by Crippen LogP contribution is -2.53. The minimum atomic E-state index is -1.19. The van der Waals surface area contributed by atoms with E-state index in [9.17, 15) is 9.59 Å². The van der Waals surface area contributed by atoms with Crippen molar-refractivity contribution >= 4 is 12.3 Å². The average molecular weight is 442 g/mol. The molecule has 3 aliphatic rings. The standard InChI is InChI=1S/C21H30O10/c1-12-20(7,30-16(22)25-12)9-14(24-8)28-19(5,6)29-15-10-21(11-18(3,4)27-15)13(2)26-17(23)31-21/h14-15H,1-2,9-11H2,3-8H3. The quantitative estimate of drug-likeness (QED) is 0.425. The molecule has 0 aromatic carbocycles. The van der Waals surface area contributed by atoms with E-state index in [1.54, 1.807) is 20.8 Å². The van der Waals surface area contributed by atoms with E-state index in [4.69, 9.17) is 37.9 Å². The number of carbonyl (C=O) groups is 2. The smallest absolute Gasteiger partial charge is 0.419 e. The van der Waals surface area contributed by atoms with Crippen LogP contribution in [0.5, 0.6) is 0 Å². The van der Waals surface area contributed by atoms with Gasteiger partial charge in [0.05, 0.1) is 5.60 Å². The van der Waals surface area contributed by atoms with Crippen LogP contribution in [-0.4, -0.2) is 54.6 Å². The molecule has 0 aromatic heterocycles. The summed E-state index contributed by atoms with van der Waals surface area (Å²) in [5.41, 5.74) is -2.83. The van der Waals surface area contributed by atoms with Gasteiger partial charge in [0.2, 0.25) is 0 Å². The van der Waals surface area contributed by atoms with Crippen molar-refractivity contribution in [2.45, 2.75) is 89.1 Å². The summed E-state index contributed by atoms with van der Waals surface area (Å²) in [4.78, 5) is 23.1. The Balaban J connectivity index is 1.68. The van der Waals surface area contributed by atoms with Gasteiger partial charge >= 0.3 is 12.3 Å². The van der Waals surface area contributed by atoms with E-state index in [-0.39, 0.29) is 24.4 Å². The van der Waals surface area contributed by atoms with Gasteiger partial charge in [0.1, 0.15) is 11.5 Å². The number of rotatable bonds is 7. The minimum Gasteiger partial charge on any atom is -0.419 e. The summed E-state index contributed by atoms with van der Waals surface area (Å²) < 4.78 is 44.1. The largest absolute Gasteiger partial charge is 0.514 e. The lowest BCUT2D eigenvalue weighted by atomic mass is 9.82. The minimum absolute atomic E-state index is 0.129. The molecule has 3 rings (SSSR count). The van der Waals surface area contributed by atoms with Crippen molar-refractivity contribution in [3.05, 3.63) is 24.7 Å². The van der Waals surface area contributed by atoms with E-state index >= 15 is 0 Å². The van der Waals surface area contributed by atoms with Crippen molar-refractivity contribution < 1.29 is 47.5 Å². The van der Waals surface area contributed by atoms with Crippen LogP contribution in [0.15, 0.2) is 24.7 Å². The third kappa shape index (κ3) is 5.03. The summed E-state index contributed by atoms with van der Waals surface area (Å²) in [7, 11) is 1.46. The maximum absolute atomic E-state index is 11.7. The highest BCUT2D eigenvalue weighted by molar-refractivity contribution is 5.66. The van der Waals surface area contributed by atoms with Gasteiger partial charge < -0.3 is 37.9 Å². The van der Waals surface area contributed by atoms with Crippen molar-refractivity contribution in [2.24, 2.45) is 0 Å². The van der Waals surface area contributed by atoms with Crippen LogP contribution in [0.2, 0.25) is 0 Å². The second-order valence-corrected chi connectivity index (χ2v) is 9.17. The van der Waals surface area contributed by atoms with Crippen LogP contribution >= 0.6 is 0 Å². The number of hydrogen-bond acceptors (Lipinski definition) is 10. The third-order valence-corrected chi connectivity index (χ3v) is 5.41. The summed E-state index contributed by atoms with van der Waals surface area (Å²) >= 11 is 0. The first kappa shape index (κ1) is 23.5. The van der Waals surface area contributed by atoms with Gasteiger partial charge in [0.15, 0.2) is 29.6 Å². The Kier molecular flexibility index (Phi) is 5.90. The highest BCUT2D eigenvalue weighted by Crippen LogP contribution is 2.47. The van der Waals surface area contributed by atoms with Crippen molar-refractivity contribution in [3.63, 3.8) is 0 Å². The van der Waals surface area contributed by atoms with Crippen LogP contribution in [0.3, 0.4) is 0 Å². The van der Waals surface area contributed by atoms with E-state index in [0.717, 1.165) is 0 Å². The fourth-order valence-corrected chi connectivity index (χ4v) is 4.03. The molecule has 10 heteroatoms. The first-order chi connectivity index (χ1) is 14.2. The molecule has 0 bridgehead atoms. The molecule has 1 spiro atoms. The SMILES string of the molecule is C=C1OC(=O)OC1(C)CC(OC)OC(C)(C)OC1CC2(CC(C)(C)O1)OC(=O)OC2=C. The van der Waals surface area contributed by atoms with Gasteiger partial charge in [-0.2, -0.15) is 0 Å². The van der Waals surface area contributed by atoms with Crippen molar-refractivity contribution in [1.29, 1.82) is 0 Å². The van der Waals surface area contributed by atoms with E-state index in [0.29, 0.717) is 6.42 Å². The Hall–Kier alpha value is -2.14. The van der Waals surface area contributed by atoms with Gasteiger partial charge in [-0.3, -0.25) is 0 Å². The Morgan fingerprint density at radius 3 is 2.23 bits per heavy atom. The summed E-state index contributed by atoms with van der Waals surface area (Å²) in [6.07, 6.45) is -2.54. The highest BCUT2D eigenvalue weighted by Gasteiger charge is 2.56. The number of hydrogen-bond donors (Lipinski definition) is 0. The van der Waals surface area contributed by atoms with Crippen molar-refractivity contribution in [3.8, 4) is 0 Å². The summed E-state index contributed by atoms with van der Waals surface area (Å²) in [5.74, 6) is -0.792. The molecule has 0 saturated carbocycles. The van der Waals surface area contributed by atoms with Gasteiger partial charge in [0, 0.05) is 26.4 Å². The predicted molar refractivity (Wildman–Crippen MR) is 104 cm³/mol. The van der Waals surface area contributed by atoms with E-state index in [1.807, 2.05) is 13.8 Å². The lowest BCUT2D eigenvalue weighted by Gasteiger charge is -2.46. The van der Waals surface area contributed by atoms with Crippen LogP contribution in [-0.2, 0) is 37.9 Å². The fourth-order valence-electron chi connectivity index (χ4n) is 4.03. The van der Waals surface area contributed by atoms with Gasteiger partial charge in [0.25, 0.3) is 0 Å². The predicted octanol–water partition coefficient (Wildman–Crippen LogP) is 3.89. The molecule has 0 amide bonds. The van der Waals surface area contributed by atoms with Gasteiger partial charge in [-0.15, -0.1) is 0 Å². The van der Waals surface area contributed by atoms with Crippen LogP contribution in [0, 0.1) is 0 Å². The molecule has 10 nitrogen and oxygen atoms in total. The van der Waals surface area contributed by atoms with E-state index in [1.165, 1.54) is 7.11 Å². The zero-order valence-electron chi connectivity index (χ0n) is 18.8. The summed E-state index contributed by atoms with van der Waals surface area (Å²) in [5, 5.41) is 0. The van der Waals surface area contributed by atoms with Crippen LogP contribution in [0.4, 0.5) is 9.59 Å². The van der Waals surface area contributed by atoms with Crippen LogP contribution in [0.25, 0.3) is 0 Å². The monoisotopic (exact) mass is 442 g/mol. The van der Waals surface area contributed by atoms with Gasteiger partial charge in [-0.25, -0.2) is 9.59 Å². The van der Waals surface area contributed by atoms with Crippen LogP contribution < -0.4 is 0 Å². The second kappa shape index (κ2) is 7.77. The van der Waals surface area contributed by atoms with E-state index in [2.05, 4.69) is 13.2 Å². The zero-order valence-corrected chi connectivity index (χ0v) is 18.8. The number of ether oxygens (including phenoxy) is 8. The number of carbonyl (C=O) groups excluding carboxylic acids is 2. The molecule has 4 atom stereocenters. The summed E-state index contributed by atoms with van der Waals surface area (Å²) in [6.45, 7) is 16.3. The second-order valence-electron chi connectivity index (χ2n) is 9.17. The Bertz CT molecular complexity index is 787. The zero-order chi connectivity index (χ0) is 23.2. The normalized spacial score (nSPS) is 33.7. The maximum Gasteiger partial charge on any atom is 0.514 e. The Morgan fingerprint density at radius 1 is 1.10 bits per heavy atom. The molecule has 0 aromatic rings. The summed E-state index contributed by atoms with van der Waals surface area (Å²) in [6, 6.07) is 0. The molecular weight excluding hydrogens is 412 g/mol. The number of methoxy groups -OCH3 is 1. The molecule has 0 radical (unpaired) electrons. The average Bonchev–Trinajstić information content (AvgIpc) is 2.97. The molecule has 3 fully saturated rings. The van der Waals surface area contributed by atoms with Gasteiger partial charge in [-0.1, -0.05) is 13.2 Å². The molecule has 3 aliphatic heterocycles. The Morgan fingerprint density at radius 2 is 1.71 bits per heavy atom. The highest BCUT2D eigenvalue weighted by atomic mass is 16.8. The molecule has 174 valence electrons. The Labute approximate surface area is 181 Å². The lowest BCUT2D eigenvalue weighted by molar-refractivity contribution is -0.366. The molecule has 31 heavy (non-hydrogen) atoms. The third-order valence-electron chi connectivity index (χ3n) is 5.41. The first-order valence-electron chi connectivity index (χ1n) is 9.94. The maximum atomic E-state index is 11.7. The topological polar surface area (TPSA) is 108 Å². The van der Waals surface area contributed by atoms with Crippen LogP contribution in [0.1, 0.15) is 53.9 Å². The molecule has 0 N–H and O–H groups in total. The molecular formula is C21H30O10. The van der Waals surface area contributed by atoms with Crippen molar-refractivity contribution in [2.75, 3.05) is 7.11 Å².